The average molecular weight is 200 g/mol. The highest BCUT2D eigenvalue weighted by molar-refractivity contribution is 5.54. The van der Waals surface area contributed by atoms with Gasteiger partial charge in [0, 0.05) is 0 Å². The van der Waals surface area contributed by atoms with Crippen molar-refractivity contribution in [2.45, 2.75) is 25.2 Å². The van der Waals surface area contributed by atoms with Gasteiger partial charge in [-0.05, 0) is 18.0 Å². The Morgan fingerprint density at radius 1 is 1.71 bits per heavy atom. The van der Waals surface area contributed by atoms with Crippen molar-refractivity contribution in [3.8, 4) is 0 Å². The number of nitrogens with zero attached hydrogens (tertiary/aromatic N) is 2. The molecule has 14 heavy (non-hydrogen) atoms. The van der Waals surface area contributed by atoms with E-state index in [-0.39, 0.29) is 24.8 Å². The van der Waals surface area contributed by atoms with E-state index in [1.165, 1.54) is 0 Å². The Hall–Kier alpha value is -1.34. The molecule has 0 aliphatic carbocycles. The van der Waals surface area contributed by atoms with E-state index in [0.29, 0.717) is 5.82 Å². The number of aromatic nitrogens is 2. The molecule has 1 aromatic rings. The van der Waals surface area contributed by atoms with E-state index in [1.807, 2.05) is 0 Å². The standard InChI is InChI=1S/C7H12N4O3/c8-6-7(10-13)9-11(6)5-2-1-4(3-12)14-5/h4-5,9,12H,1-3,8H2. The van der Waals surface area contributed by atoms with Crippen LogP contribution >= 0.6 is 0 Å². The minimum Gasteiger partial charge on any atom is -0.394 e. The molecule has 2 rings (SSSR count). The van der Waals surface area contributed by atoms with Crippen LogP contribution in [0.5, 0.6) is 0 Å². The number of aromatic amines is 1. The summed E-state index contributed by atoms with van der Waals surface area (Å²) in [6.07, 6.45) is 1.21. The van der Waals surface area contributed by atoms with Gasteiger partial charge in [-0.1, -0.05) is 0 Å². The van der Waals surface area contributed by atoms with Gasteiger partial charge in [0.2, 0.25) is 5.82 Å². The third-order valence-electron chi connectivity index (χ3n) is 2.40. The molecule has 7 nitrogen and oxygen atoms in total. The minimum atomic E-state index is -0.211. The second-order valence-electron chi connectivity index (χ2n) is 3.28. The summed E-state index contributed by atoms with van der Waals surface area (Å²) in [5.74, 6) is 0.435. The van der Waals surface area contributed by atoms with E-state index in [2.05, 4.69) is 10.3 Å². The first-order valence-electron chi connectivity index (χ1n) is 4.41. The number of hydrogen-bond acceptors (Lipinski definition) is 5. The molecule has 2 unspecified atom stereocenters. The first-order valence-corrected chi connectivity index (χ1v) is 4.41. The lowest BCUT2D eigenvalue weighted by Gasteiger charge is -2.22. The number of ether oxygens (including phenoxy) is 1. The fourth-order valence-corrected chi connectivity index (χ4v) is 1.60. The Labute approximate surface area is 79.8 Å². The van der Waals surface area contributed by atoms with Crippen LogP contribution in [0.4, 0.5) is 11.6 Å². The molecule has 2 heterocycles. The normalized spacial score (nSPS) is 26.9. The second kappa shape index (κ2) is 3.43. The summed E-state index contributed by atoms with van der Waals surface area (Å²) in [5, 5.41) is 14.2. The average Bonchev–Trinajstić information content (AvgIpc) is 2.65. The van der Waals surface area contributed by atoms with Gasteiger partial charge in [0.05, 0.1) is 12.7 Å². The Morgan fingerprint density at radius 3 is 3.00 bits per heavy atom. The van der Waals surface area contributed by atoms with Crippen LogP contribution in [0, 0.1) is 4.91 Å². The lowest BCUT2D eigenvalue weighted by Crippen LogP contribution is -2.22. The highest BCUT2D eigenvalue weighted by Crippen LogP contribution is 2.34. The molecule has 0 aromatic carbocycles. The molecule has 0 spiro atoms. The summed E-state index contributed by atoms with van der Waals surface area (Å²) in [7, 11) is 0. The van der Waals surface area contributed by atoms with Crippen LogP contribution in [0.2, 0.25) is 0 Å². The van der Waals surface area contributed by atoms with E-state index in [1.54, 1.807) is 4.68 Å². The summed E-state index contributed by atoms with van der Waals surface area (Å²) in [4.78, 5) is 10.1. The summed E-state index contributed by atoms with van der Waals surface area (Å²) in [5.41, 5.74) is 5.55. The van der Waals surface area contributed by atoms with Crippen LogP contribution in [0.3, 0.4) is 0 Å². The first kappa shape index (κ1) is 9.22. The van der Waals surface area contributed by atoms with E-state index in [9.17, 15) is 4.91 Å². The second-order valence-corrected chi connectivity index (χ2v) is 3.28. The van der Waals surface area contributed by atoms with Crippen molar-refractivity contribution < 1.29 is 9.84 Å². The van der Waals surface area contributed by atoms with Crippen molar-refractivity contribution >= 4 is 11.6 Å². The molecule has 2 atom stereocenters. The predicted octanol–water partition coefficient (Wildman–Crippen LogP) is 0.466. The monoisotopic (exact) mass is 200 g/mol. The molecule has 78 valence electrons. The Bertz CT molecular complexity index is 332. The van der Waals surface area contributed by atoms with Crippen LogP contribution in [0.15, 0.2) is 5.18 Å². The van der Waals surface area contributed by atoms with Gasteiger partial charge in [0.25, 0.3) is 0 Å². The molecule has 1 saturated heterocycles. The number of aliphatic hydroxyl groups is 1. The zero-order valence-corrected chi connectivity index (χ0v) is 7.51. The van der Waals surface area contributed by atoms with Gasteiger partial charge in [-0.2, -0.15) is 0 Å². The number of aliphatic hydroxyl groups excluding tert-OH is 1. The summed E-state index contributed by atoms with van der Waals surface area (Å²) >= 11 is 0. The minimum absolute atomic E-state index is 0.00669. The van der Waals surface area contributed by atoms with Crippen molar-refractivity contribution in [3.05, 3.63) is 4.91 Å². The van der Waals surface area contributed by atoms with Gasteiger partial charge in [-0.15, -0.1) is 4.91 Å². The number of hydrogen-bond donors (Lipinski definition) is 3. The van der Waals surface area contributed by atoms with Crippen LogP contribution in [-0.2, 0) is 4.74 Å². The van der Waals surface area contributed by atoms with Crippen LogP contribution in [0.1, 0.15) is 19.1 Å². The number of nitrogens with one attached hydrogen (secondary N) is 1. The Morgan fingerprint density at radius 2 is 2.50 bits per heavy atom. The molecule has 4 N–H and O–H groups in total. The van der Waals surface area contributed by atoms with Crippen molar-refractivity contribution in [2.75, 3.05) is 12.3 Å². The fourth-order valence-electron chi connectivity index (χ4n) is 1.60. The Kier molecular flexibility index (Phi) is 2.26. The van der Waals surface area contributed by atoms with Gasteiger partial charge >= 0.3 is 0 Å². The number of nitrogen functional groups attached to an aromatic ring is 1. The molecule has 1 aliphatic rings. The summed E-state index contributed by atoms with van der Waals surface area (Å²) in [6, 6.07) is 0. The maximum absolute atomic E-state index is 10.1. The molecular formula is C7H12N4O3. The quantitative estimate of drug-likeness (QED) is 0.616. The molecule has 0 radical (unpaired) electrons. The van der Waals surface area contributed by atoms with Crippen molar-refractivity contribution in [3.63, 3.8) is 0 Å². The maximum Gasteiger partial charge on any atom is 0.231 e. The topological polar surface area (TPSA) is 106 Å². The number of nitrogens with two attached hydrogens (primary N) is 1. The molecule has 7 heteroatoms. The van der Waals surface area contributed by atoms with E-state index >= 15 is 0 Å². The molecular weight excluding hydrogens is 188 g/mol. The van der Waals surface area contributed by atoms with Crippen LogP contribution in [0.25, 0.3) is 0 Å². The molecule has 1 aromatic heterocycles. The highest BCUT2D eigenvalue weighted by Gasteiger charge is 2.29. The highest BCUT2D eigenvalue weighted by atomic mass is 16.5. The largest absolute Gasteiger partial charge is 0.394 e. The third-order valence-corrected chi connectivity index (χ3v) is 2.40. The van der Waals surface area contributed by atoms with Gasteiger partial charge < -0.3 is 15.6 Å². The van der Waals surface area contributed by atoms with E-state index in [4.69, 9.17) is 15.6 Å². The van der Waals surface area contributed by atoms with Crippen molar-refractivity contribution in [1.29, 1.82) is 0 Å². The number of anilines is 1. The Balaban J connectivity index is 2.04. The molecule has 0 saturated carbocycles. The van der Waals surface area contributed by atoms with Crippen molar-refractivity contribution in [2.24, 2.45) is 5.18 Å². The number of nitroso groups, excluding NO2 is 1. The van der Waals surface area contributed by atoms with Gasteiger partial charge in [-0.25, -0.2) is 4.68 Å². The van der Waals surface area contributed by atoms with E-state index < -0.39 is 0 Å². The zero-order chi connectivity index (χ0) is 10.1. The maximum atomic E-state index is 10.1. The van der Waals surface area contributed by atoms with Crippen LogP contribution < -0.4 is 5.73 Å². The molecule has 0 amide bonds. The summed E-state index contributed by atoms with van der Waals surface area (Å²) in [6.45, 7) is 0.00669. The summed E-state index contributed by atoms with van der Waals surface area (Å²) < 4.78 is 6.98. The lowest BCUT2D eigenvalue weighted by molar-refractivity contribution is -0.0292. The lowest BCUT2D eigenvalue weighted by atomic mass is 10.2. The number of H-pyrrole nitrogens is 1. The van der Waals surface area contributed by atoms with Gasteiger partial charge in [0.15, 0.2) is 12.0 Å². The molecule has 1 aliphatic heterocycles. The van der Waals surface area contributed by atoms with Crippen LogP contribution in [-0.4, -0.2) is 27.6 Å². The van der Waals surface area contributed by atoms with Gasteiger partial charge in [-0.3, -0.25) is 5.10 Å². The van der Waals surface area contributed by atoms with Crippen molar-refractivity contribution in [1.82, 2.24) is 9.78 Å². The van der Waals surface area contributed by atoms with E-state index in [0.717, 1.165) is 12.8 Å². The fraction of sp³-hybridized carbons (Fsp3) is 0.714. The number of rotatable bonds is 3. The van der Waals surface area contributed by atoms with Gasteiger partial charge in [0.1, 0.15) is 0 Å². The SMILES string of the molecule is Nc1c(N=O)[nH]n1C1CCC(CO)O1. The third kappa shape index (κ3) is 1.30. The smallest absolute Gasteiger partial charge is 0.231 e. The molecule has 1 fully saturated rings. The first-order chi connectivity index (χ1) is 6.76. The molecule has 0 bridgehead atoms. The zero-order valence-electron chi connectivity index (χ0n) is 7.51. The predicted molar refractivity (Wildman–Crippen MR) is 48.9 cm³/mol.